The summed E-state index contributed by atoms with van der Waals surface area (Å²) < 4.78 is 2.12. The van der Waals surface area contributed by atoms with Gasteiger partial charge in [0.1, 0.15) is 0 Å². The molecule has 0 aliphatic rings. The van der Waals surface area contributed by atoms with Crippen LogP contribution in [0.5, 0.6) is 0 Å². The smallest absolute Gasteiger partial charge is 0.271 e. The van der Waals surface area contributed by atoms with Gasteiger partial charge in [-0.3, -0.25) is 14.9 Å². The van der Waals surface area contributed by atoms with Crippen LogP contribution >= 0.6 is 23.4 Å². The zero-order valence-corrected chi connectivity index (χ0v) is 17.0. The molecule has 0 fully saturated rings. The molecule has 0 unspecified atom stereocenters. The number of fused-ring (bicyclic) bond motifs is 1. The predicted molar refractivity (Wildman–Crippen MR) is 112 cm³/mol. The number of amides is 1. The second-order valence-electron chi connectivity index (χ2n) is 6.65. The van der Waals surface area contributed by atoms with Crippen molar-refractivity contribution in [3.8, 4) is 0 Å². The Morgan fingerprint density at radius 3 is 2.75 bits per heavy atom. The third-order valence-corrected chi connectivity index (χ3v) is 5.23. The monoisotopic (exact) mass is 418 g/mol. The van der Waals surface area contributed by atoms with E-state index in [1.54, 1.807) is 0 Å². The van der Waals surface area contributed by atoms with Gasteiger partial charge in [0.2, 0.25) is 5.91 Å². The summed E-state index contributed by atoms with van der Waals surface area (Å²) in [6, 6.07) is 11.8. The summed E-state index contributed by atoms with van der Waals surface area (Å²) in [6.45, 7) is 5.07. The molecule has 9 heteroatoms. The first-order chi connectivity index (χ1) is 13.3. The van der Waals surface area contributed by atoms with Crippen LogP contribution in [0, 0.1) is 16.0 Å². The predicted octanol–water partition coefficient (Wildman–Crippen LogP) is 4.98. The summed E-state index contributed by atoms with van der Waals surface area (Å²) >= 11 is 7.37. The summed E-state index contributed by atoms with van der Waals surface area (Å²) in [5.74, 6) is 0.322. The van der Waals surface area contributed by atoms with Gasteiger partial charge in [0.15, 0.2) is 5.16 Å². The Kier molecular flexibility index (Phi) is 6.21. The zero-order chi connectivity index (χ0) is 20.3. The number of nitrogens with one attached hydrogen (secondary N) is 1. The van der Waals surface area contributed by atoms with Crippen molar-refractivity contribution in [2.75, 3.05) is 11.1 Å². The first-order valence-electron chi connectivity index (χ1n) is 8.67. The molecule has 7 nitrogen and oxygen atoms in total. The van der Waals surface area contributed by atoms with Gasteiger partial charge in [0.25, 0.3) is 5.69 Å². The molecule has 0 spiro atoms. The van der Waals surface area contributed by atoms with Crippen LogP contribution in [0.1, 0.15) is 13.8 Å². The maximum absolute atomic E-state index is 12.3. The molecule has 0 saturated carbocycles. The zero-order valence-electron chi connectivity index (χ0n) is 15.4. The molecule has 146 valence electrons. The highest BCUT2D eigenvalue weighted by Crippen LogP contribution is 2.28. The molecule has 1 aromatic heterocycles. The Morgan fingerprint density at radius 1 is 1.32 bits per heavy atom. The Bertz CT molecular complexity index is 1040. The molecule has 1 heterocycles. The molecule has 3 rings (SSSR count). The van der Waals surface area contributed by atoms with Gasteiger partial charge in [-0.1, -0.05) is 49.3 Å². The largest absolute Gasteiger partial charge is 0.324 e. The number of hydrogen-bond acceptors (Lipinski definition) is 5. The molecule has 0 atom stereocenters. The van der Waals surface area contributed by atoms with Gasteiger partial charge in [0.05, 0.1) is 32.4 Å². The van der Waals surface area contributed by atoms with Crippen LogP contribution in [0.3, 0.4) is 0 Å². The van der Waals surface area contributed by atoms with Crippen molar-refractivity contribution in [1.82, 2.24) is 9.55 Å². The van der Waals surface area contributed by atoms with Crippen molar-refractivity contribution in [3.63, 3.8) is 0 Å². The number of anilines is 1. The van der Waals surface area contributed by atoms with Gasteiger partial charge < -0.3 is 9.88 Å². The average Bonchev–Trinajstić information content (AvgIpc) is 2.98. The van der Waals surface area contributed by atoms with E-state index in [1.807, 2.05) is 24.3 Å². The lowest BCUT2D eigenvalue weighted by atomic mass is 10.2. The number of thioether (sulfide) groups is 1. The number of carbonyl (C=O) groups excluding carboxylic acids is 1. The van der Waals surface area contributed by atoms with Gasteiger partial charge in [-0.25, -0.2) is 4.98 Å². The van der Waals surface area contributed by atoms with Crippen molar-refractivity contribution < 1.29 is 9.72 Å². The summed E-state index contributed by atoms with van der Waals surface area (Å²) in [6.07, 6.45) is 0. The van der Waals surface area contributed by atoms with Crippen LogP contribution in [0.25, 0.3) is 11.0 Å². The number of carbonyl (C=O) groups is 1. The molecular weight excluding hydrogens is 400 g/mol. The lowest BCUT2D eigenvalue weighted by molar-refractivity contribution is -0.384. The van der Waals surface area contributed by atoms with E-state index in [0.29, 0.717) is 11.6 Å². The van der Waals surface area contributed by atoms with Crippen LogP contribution < -0.4 is 5.32 Å². The summed E-state index contributed by atoms with van der Waals surface area (Å²) in [5, 5.41) is 14.4. The Balaban J connectivity index is 1.72. The van der Waals surface area contributed by atoms with Crippen molar-refractivity contribution in [2.24, 2.45) is 5.92 Å². The van der Waals surface area contributed by atoms with Gasteiger partial charge in [-0.15, -0.1) is 0 Å². The van der Waals surface area contributed by atoms with E-state index in [9.17, 15) is 14.9 Å². The Labute approximate surface area is 171 Å². The highest BCUT2D eigenvalue weighted by molar-refractivity contribution is 7.99. The van der Waals surface area contributed by atoms with Crippen LogP contribution in [-0.4, -0.2) is 26.1 Å². The normalized spacial score (nSPS) is 11.1. The molecule has 0 aliphatic heterocycles. The number of nitro groups is 1. The van der Waals surface area contributed by atoms with Crippen molar-refractivity contribution in [3.05, 3.63) is 57.6 Å². The van der Waals surface area contributed by atoms with Crippen LogP contribution in [-0.2, 0) is 11.3 Å². The highest BCUT2D eigenvalue weighted by Gasteiger charge is 2.15. The fourth-order valence-corrected chi connectivity index (χ4v) is 3.79. The first-order valence-corrected chi connectivity index (χ1v) is 10.0. The maximum atomic E-state index is 12.3. The topological polar surface area (TPSA) is 90.1 Å². The van der Waals surface area contributed by atoms with Crippen LogP contribution in [0.4, 0.5) is 11.4 Å². The van der Waals surface area contributed by atoms with E-state index in [-0.39, 0.29) is 22.4 Å². The minimum absolute atomic E-state index is 0.125. The molecule has 1 amide bonds. The van der Waals surface area contributed by atoms with E-state index >= 15 is 0 Å². The van der Waals surface area contributed by atoms with Gasteiger partial charge in [-0.2, -0.15) is 0 Å². The molecule has 0 bridgehead atoms. The third-order valence-electron chi connectivity index (χ3n) is 3.94. The number of benzene rings is 2. The average molecular weight is 419 g/mol. The molecule has 3 aromatic rings. The number of nitro benzene ring substituents is 1. The maximum Gasteiger partial charge on any atom is 0.271 e. The van der Waals surface area contributed by atoms with Crippen molar-refractivity contribution in [2.45, 2.75) is 25.5 Å². The Hall–Kier alpha value is -2.58. The molecule has 0 saturated heterocycles. The van der Waals surface area contributed by atoms with Crippen molar-refractivity contribution >= 4 is 51.7 Å². The van der Waals surface area contributed by atoms with Gasteiger partial charge >= 0.3 is 0 Å². The van der Waals surface area contributed by atoms with Gasteiger partial charge in [-0.05, 0) is 24.1 Å². The summed E-state index contributed by atoms with van der Waals surface area (Å²) in [7, 11) is 0. The second kappa shape index (κ2) is 8.62. The SMILES string of the molecule is CC(C)Cn1c(SCC(=O)Nc2ccc([N+](=O)[O-])cc2Cl)nc2ccccc21. The number of aromatic nitrogens is 2. The number of rotatable bonds is 7. The highest BCUT2D eigenvalue weighted by atomic mass is 35.5. The number of halogens is 1. The standard InChI is InChI=1S/C19H19ClN4O3S/c1-12(2)10-23-17-6-4-3-5-16(17)22-19(23)28-11-18(25)21-15-8-7-13(24(26)27)9-14(15)20/h3-9,12H,10-11H2,1-2H3,(H,21,25). The number of imidazole rings is 1. The van der Waals surface area contributed by atoms with E-state index in [4.69, 9.17) is 11.6 Å². The number of non-ortho nitro benzene ring substituents is 1. The lowest BCUT2D eigenvalue weighted by Crippen LogP contribution is -2.15. The van der Waals surface area contributed by atoms with E-state index < -0.39 is 4.92 Å². The minimum Gasteiger partial charge on any atom is -0.324 e. The van der Waals surface area contributed by atoms with E-state index in [1.165, 1.54) is 30.0 Å². The number of para-hydroxylation sites is 2. The molecule has 1 N–H and O–H groups in total. The van der Waals surface area contributed by atoms with Crippen LogP contribution in [0.2, 0.25) is 5.02 Å². The molecule has 28 heavy (non-hydrogen) atoms. The molecule has 0 aliphatic carbocycles. The quantitative estimate of drug-likeness (QED) is 0.332. The van der Waals surface area contributed by atoms with Gasteiger partial charge in [0, 0.05) is 18.7 Å². The number of hydrogen-bond donors (Lipinski definition) is 1. The Morgan fingerprint density at radius 2 is 2.07 bits per heavy atom. The van der Waals surface area contributed by atoms with Crippen LogP contribution in [0.15, 0.2) is 47.6 Å². The molecular formula is C19H19ClN4O3S. The summed E-state index contributed by atoms with van der Waals surface area (Å²) in [4.78, 5) is 27.2. The van der Waals surface area contributed by atoms with Crippen molar-refractivity contribution in [1.29, 1.82) is 0 Å². The first kappa shape index (κ1) is 20.2. The van der Waals surface area contributed by atoms with E-state index in [0.717, 1.165) is 22.7 Å². The molecule has 0 radical (unpaired) electrons. The minimum atomic E-state index is -0.535. The lowest BCUT2D eigenvalue weighted by Gasteiger charge is -2.11. The molecule has 2 aromatic carbocycles. The fourth-order valence-electron chi connectivity index (χ4n) is 2.74. The van der Waals surface area contributed by atoms with E-state index in [2.05, 4.69) is 28.7 Å². The fraction of sp³-hybridized carbons (Fsp3) is 0.263. The third kappa shape index (κ3) is 4.63. The summed E-state index contributed by atoms with van der Waals surface area (Å²) in [5.41, 5.74) is 2.15. The number of nitrogens with zero attached hydrogens (tertiary/aromatic N) is 3. The second-order valence-corrected chi connectivity index (χ2v) is 8.00.